The summed E-state index contributed by atoms with van der Waals surface area (Å²) in [7, 11) is 0. The van der Waals surface area contributed by atoms with Crippen molar-refractivity contribution in [3.05, 3.63) is 0 Å². The zero-order valence-corrected chi connectivity index (χ0v) is 7.42. The topological polar surface area (TPSA) is 38.5 Å². The molecule has 0 spiro atoms. The van der Waals surface area contributed by atoms with Gasteiger partial charge in [0, 0.05) is 26.2 Å². The van der Waals surface area contributed by atoms with E-state index in [-0.39, 0.29) is 0 Å². The molecule has 0 radical (unpaired) electrons. The van der Waals surface area contributed by atoms with E-state index in [0.29, 0.717) is 12.2 Å². The first-order chi connectivity index (χ1) is 5.22. The quantitative estimate of drug-likeness (QED) is 0.617. The van der Waals surface area contributed by atoms with Gasteiger partial charge in [-0.2, -0.15) is 0 Å². The monoisotopic (exact) mass is 158 g/mol. The van der Waals surface area contributed by atoms with Crippen LogP contribution in [0.25, 0.3) is 0 Å². The first kappa shape index (κ1) is 8.97. The highest BCUT2D eigenvalue weighted by molar-refractivity contribution is 4.72. The van der Waals surface area contributed by atoms with Crippen LogP contribution in [0.4, 0.5) is 0 Å². The molecule has 1 rings (SSSR count). The molecule has 11 heavy (non-hydrogen) atoms. The van der Waals surface area contributed by atoms with Crippen LogP contribution in [-0.4, -0.2) is 43.3 Å². The average Bonchev–Trinajstić information content (AvgIpc) is 1.85. The molecule has 3 nitrogen and oxygen atoms in total. The molecule has 1 aliphatic heterocycles. The second-order valence-electron chi connectivity index (χ2n) is 3.31. The molecule has 0 aromatic heterocycles. The lowest BCUT2D eigenvalue weighted by Crippen LogP contribution is -2.46. The van der Waals surface area contributed by atoms with Gasteiger partial charge in [-0.3, -0.25) is 4.90 Å². The standard InChI is InChI=1S/C8H18N2O/c1-7-5-10(4-3-9)6-8(2)11-7/h7-8H,3-6,9H2,1-2H3/t7-,8-/m1/s1. The van der Waals surface area contributed by atoms with Gasteiger partial charge in [0.1, 0.15) is 0 Å². The predicted octanol–water partition coefficient (Wildman–Crippen LogP) is 0.0543. The van der Waals surface area contributed by atoms with E-state index in [1.807, 2.05) is 0 Å². The molecule has 1 heterocycles. The van der Waals surface area contributed by atoms with E-state index in [2.05, 4.69) is 18.7 Å². The molecule has 0 saturated carbocycles. The Hall–Kier alpha value is -0.120. The Morgan fingerprint density at radius 1 is 1.36 bits per heavy atom. The van der Waals surface area contributed by atoms with Crippen LogP contribution in [0, 0.1) is 0 Å². The molecule has 2 N–H and O–H groups in total. The summed E-state index contributed by atoms with van der Waals surface area (Å²) >= 11 is 0. The number of hydrogen-bond donors (Lipinski definition) is 1. The maximum absolute atomic E-state index is 5.58. The summed E-state index contributed by atoms with van der Waals surface area (Å²) in [5.41, 5.74) is 5.47. The minimum Gasteiger partial charge on any atom is -0.373 e. The number of nitrogens with zero attached hydrogens (tertiary/aromatic N) is 1. The third-order valence-electron chi connectivity index (χ3n) is 1.94. The molecule has 1 fully saturated rings. The predicted molar refractivity (Wildman–Crippen MR) is 45.5 cm³/mol. The summed E-state index contributed by atoms with van der Waals surface area (Å²) < 4.78 is 5.58. The van der Waals surface area contributed by atoms with E-state index in [0.717, 1.165) is 26.2 Å². The molecule has 0 aromatic rings. The van der Waals surface area contributed by atoms with Crippen molar-refractivity contribution in [2.45, 2.75) is 26.1 Å². The van der Waals surface area contributed by atoms with Crippen LogP contribution >= 0.6 is 0 Å². The average molecular weight is 158 g/mol. The summed E-state index contributed by atoms with van der Waals surface area (Å²) in [5.74, 6) is 0. The SMILES string of the molecule is C[C@@H]1CN(CCN)C[C@@H](C)O1. The van der Waals surface area contributed by atoms with Crippen molar-refractivity contribution in [2.24, 2.45) is 5.73 Å². The number of hydrogen-bond acceptors (Lipinski definition) is 3. The summed E-state index contributed by atoms with van der Waals surface area (Å²) in [6.07, 6.45) is 0.732. The Bertz CT molecular complexity index is 109. The fraction of sp³-hybridized carbons (Fsp3) is 1.00. The van der Waals surface area contributed by atoms with Gasteiger partial charge in [-0.05, 0) is 13.8 Å². The molecule has 0 aliphatic carbocycles. The Labute approximate surface area is 68.5 Å². The molecular weight excluding hydrogens is 140 g/mol. The number of morpholine rings is 1. The van der Waals surface area contributed by atoms with Crippen LogP contribution in [0.5, 0.6) is 0 Å². The zero-order valence-electron chi connectivity index (χ0n) is 7.42. The van der Waals surface area contributed by atoms with Crippen molar-refractivity contribution in [1.29, 1.82) is 0 Å². The first-order valence-electron chi connectivity index (χ1n) is 4.30. The van der Waals surface area contributed by atoms with Crippen molar-refractivity contribution in [3.63, 3.8) is 0 Å². The van der Waals surface area contributed by atoms with E-state index in [4.69, 9.17) is 10.5 Å². The van der Waals surface area contributed by atoms with Crippen LogP contribution in [0.2, 0.25) is 0 Å². The third kappa shape index (κ3) is 2.77. The molecule has 3 heteroatoms. The zero-order chi connectivity index (χ0) is 8.27. The molecule has 66 valence electrons. The Morgan fingerprint density at radius 3 is 2.36 bits per heavy atom. The molecule has 2 atom stereocenters. The van der Waals surface area contributed by atoms with Crippen LogP contribution in [-0.2, 0) is 4.74 Å². The van der Waals surface area contributed by atoms with Gasteiger partial charge in [-0.1, -0.05) is 0 Å². The largest absolute Gasteiger partial charge is 0.373 e. The van der Waals surface area contributed by atoms with Gasteiger partial charge in [0.25, 0.3) is 0 Å². The van der Waals surface area contributed by atoms with Gasteiger partial charge in [-0.25, -0.2) is 0 Å². The Morgan fingerprint density at radius 2 is 1.91 bits per heavy atom. The number of nitrogens with two attached hydrogens (primary N) is 1. The second kappa shape index (κ2) is 4.04. The fourth-order valence-electron chi connectivity index (χ4n) is 1.65. The van der Waals surface area contributed by atoms with Crippen molar-refractivity contribution >= 4 is 0 Å². The highest BCUT2D eigenvalue weighted by atomic mass is 16.5. The van der Waals surface area contributed by atoms with Crippen molar-refractivity contribution in [1.82, 2.24) is 4.90 Å². The van der Waals surface area contributed by atoms with E-state index in [1.54, 1.807) is 0 Å². The van der Waals surface area contributed by atoms with E-state index in [1.165, 1.54) is 0 Å². The van der Waals surface area contributed by atoms with Gasteiger partial charge in [0.2, 0.25) is 0 Å². The van der Waals surface area contributed by atoms with E-state index >= 15 is 0 Å². The van der Waals surface area contributed by atoms with Crippen molar-refractivity contribution in [3.8, 4) is 0 Å². The van der Waals surface area contributed by atoms with Crippen LogP contribution in [0.1, 0.15) is 13.8 Å². The normalized spacial score (nSPS) is 34.1. The Balaban J connectivity index is 2.30. The minimum atomic E-state index is 0.366. The van der Waals surface area contributed by atoms with Gasteiger partial charge in [-0.15, -0.1) is 0 Å². The lowest BCUT2D eigenvalue weighted by molar-refractivity contribution is -0.0669. The van der Waals surface area contributed by atoms with E-state index < -0.39 is 0 Å². The van der Waals surface area contributed by atoms with Crippen LogP contribution < -0.4 is 5.73 Å². The highest BCUT2D eigenvalue weighted by Gasteiger charge is 2.20. The van der Waals surface area contributed by atoms with Gasteiger partial charge >= 0.3 is 0 Å². The lowest BCUT2D eigenvalue weighted by Gasteiger charge is -2.34. The Kier molecular flexibility index (Phi) is 3.30. The van der Waals surface area contributed by atoms with Crippen LogP contribution in [0.15, 0.2) is 0 Å². The van der Waals surface area contributed by atoms with Crippen molar-refractivity contribution in [2.75, 3.05) is 26.2 Å². The third-order valence-corrected chi connectivity index (χ3v) is 1.94. The molecule has 1 aliphatic rings. The molecular formula is C8H18N2O. The van der Waals surface area contributed by atoms with Gasteiger partial charge < -0.3 is 10.5 Å². The maximum Gasteiger partial charge on any atom is 0.0678 e. The summed E-state index contributed by atoms with van der Waals surface area (Å²) in [5, 5.41) is 0. The minimum absolute atomic E-state index is 0.366. The fourth-order valence-corrected chi connectivity index (χ4v) is 1.65. The molecule has 0 amide bonds. The molecule has 1 saturated heterocycles. The van der Waals surface area contributed by atoms with Gasteiger partial charge in [0.15, 0.2) is 0 Å². The van der Waals surface area contributed by atoms with Gasteiger partial charge in [0.05, 0.1) is 12.2 Å². The molecule has 0 aromatic carbocycles. The smallest absolute Gasteiger partial charge is 0.0678 e. The summed E-state index contributed by atoms with van der Waals surface area (Å²) in [6, 6.07) is 0. The summed E-state index contributed by atoms with van der Waals surface area (Å²) in [6.45, 7) is 8.03. The molecule has 0 bridgehead atoms. The second-order valence-corrected chi connectivity index (χ2v) is 3.31. The van der Waals surface area contributed by atoms with Crippen LogP contribution in [0.3, 0.4) is 0 Å². The van der Waals surface area contributed by atoms with E-state index in [9.17, 15) is 0 Å². The molecule has 0 unspecified atom stereocenters. The lowest BCUT2D eigenvalue weighted by atomic mass is 10.2. The van der Waals surface area contributed by atoms with Crippen molar-refractivity contribution < 1.29 is 4.74 Å². The number of ether oxygens (including phenoxy) is 1. The summed E-state index contributed by atoms with van der Waals surface area (Å²) in [4.78, 5) is 2.36. The number of rotatable bonds is 2. The first-order valence-corrected chi connectivity index (χ1v) is 4.30. The highest BCUT2D eigenvalue weighted by Crippen LogP contribution is 2.09. The maximum atomic E-state index is 5.58.